The minimum atomic E-state index is -1.69. The molecule has 0 radical (unpaired) electrons. The Kier molecular flexibility index (Phi) is 25.5. The molecule has 1 fully saturated rings. The number of hydrogen-bond donors (Lipinski definition) is 0. The van der Waals surface area contributed by atoms with Crippen LogP contribution in [-0.4, -0.2) is 163 Å². The molecule has 4 aromatic carbocycles. The molecule has 0 spiro atoms. The lowest BCUT2D eigenvalue weighted by molar-refractivity contribution is -0.176. The van der Waals surface area contributed by atoms with Crippen LogP contribution in [0.2, 0.25) is 0 Å². The van der Waals surface area contributed by atoms with Gasteiger partial charge in [-0.3, -0.25) is 28.5 Å². The van der Waals surface area contributed by atoms with Crippen molar-refractivity contribution in [1.29, 1.82) is 0 Å². The number of ether oxygens (including phenoxy) is 4. The molecule has 1 aliphatic heterocycles. The van der Waals surface area contributed by atoms with Crippen LogP contribution in [0.4, 0.5) is 17.6 Å². The second-order valence-corrected chi connectivity index (χ2v) is 26.4. The molecule has 0 bridgehead atoms. The number of aromatic nitrogens is 4. The van der Waals surface area contributed by atoms with Gasteiger partial charge in [0.05, 0.1) is 0 Å². The van der Waals surface area contributed by atoms with E-state index >= 15 is 9.59 Å². The van der Waals surface area contributed by atoms with E-state index in [1.54, 1.807) is 138 Å². The first-order valence-electron chi connectivity index (χ1n) is 32.3. The van der Waals surface area contributed by atoms with Crippen molar-refractivity contribution in [2.75, 3.05) is 28.2 Å². The van der Waals surface area contributed by atoms with E-state index in [4.69, 9.17) is 18.9 Å². The lowest BCUT2D eigenvalue weighted by atomic mass is 9.96. The molecular weight excluding hydrogens is 1240 g/mol. The zero-order valence-corrected chi connectivity index (χ0v) is 56.9. The van der Waals surface area contributed by atoms with Crippen molar-refractivity contribution in [3.05, 3.63) is 178 Å². The number of amides is 4. The fraction of sp³-hybridized carbons (Fsp3) is 0.472. The number of likely N-dealkylation sites (N-methyl/N-ethyl adjacent to an activating group) is 4. The van der Waals surface area contributed by atoms with Crippen LogP contribution in [0, 0.1) is 46.9 Å². The number of nitrogens with zero attached hydrogens (tertiary/aromatic N) is 8. The Hall–Kier alpha value is -9.22. The molecule has 96 heavy (non-hydrogen) atoms. The van der Waals surface area contributed by atoms with Crippen LogP contribution in [0.25, 0.3) is 0 Å². The second kappa shape index (κ2) is 33.0. The highest BCUT2D eigenvalue weighted by molar-refractivity contribution is 5.94. The van der Waals surface area contributed by atoms with Gasteiger partial charge in [0, 0.05) is 65.8 Å². The second-order valence-electron chi connectivity index (χ2n) is 26.4. The molecule has 0 N–H and O–H groups in total. The summed E-state index contributed by atoms with van der Waals surface area (Å²) in [4.78, 5) is 123. The van der Waals surface area contributed by atoms with Crippen LogP contribution in [0.3, 0.4) is 0 Å². The van der Waals surface area contributed by atoms with Gasteiger partial charge in [0.2, 0.25) is 0 Å². The molecule has 10 atom stereocenters. The lowest BCUT2D eigenvalue weighted by Crippen LogP contribution is -2.55. The topological polar surface area (TPSA) is 222 Å². The van der Waals surface area contributed by atoms with Crippen LogP contribution in [0.15, 0.2) is 122 Å². The van der Waals surface area contributed by atoms with Gasteiger partial charge in [0.25, 0.3) is 23.6 Å². The minimum absolute atomic E-state index is 0.0120. The molecule has 2 aromatic heterocycles. The Morgan fingerprint density at radius 2 is 0.667 bits per heavy atom. The van der Waals surface area contributed by atoms with Crippen molar-refractivity contribution >= 4 is 47.5 Å². The Balaban J connectivity index is 1.28. The summed E-state index contributed by atoms with van der Waals surface area (Å²) in [7, 11) is 5.30. The Bertz CT molecular complexity index is 3410. The van der Waals surface area contributed by atoms with E-state index in [9.17, 15) is 46.3 Å². The summed E-state index contributed by atoms with van der Waals surface area (Å²) in [5.41, 5.74) is 2.79. The van der Waals surface area contributed by atoms with Gasteiger partial charge < -0.3 is 38.5 Å². The molecule has 4 amide bonds. The maximum absolute atomic E-state index is 15.3. The molecule has 2 unspecified atom stereocenters. The number of rotatable bonds is 18. The van der Waals surface area contributed by atoms with Crippen LogP contribution < -0.4 is 0 Å². The first kappa shape index (κ1) is 74.2. The van der Waals surface area contributed by atoms with Crippen LogP contribution in [0.5, 0.6) is 0 Å². The van der Waals surface area contributed by atoms with Gasteiger partial charge in [-0.2, -0.15) is 10.2 Å². The van der Waals surface area contributed by atoms with Crippen molar-refractivity contribution in [3.8, 4) is 0 Å². The number of benzene rings is 4. The lowest BCUT2D eigenvalue weighted by Gasteiger charge is -2.35. The summed E-state index contributed by atoms with van der Waals surface area (Å²) >= 11 is 0. The SMILES string of the molecule is CC(C)C[C@H]1C(=O)O[C@H](Cc2ccc(C(c3ccc(F)c(F)c3)n3cccn3)cc2)C(=O)N(C)[C@@H](CC(C)C)C(=O)O[C@H](C)C(=O)N(C)[C@@H](CC(C)C)C(=O)O[C@H](Cc2ccc(C(c3ccc(F)c(F)c3)n3cccn3)cc2)C(=O)N(C)[C@@H](CC(C)C)C(=O)O[C@H](C)C(=O)N1C. The molecule has 20 nitrogen and oxygen atoms in total. The van der Waals surface area contributed by atoms with E-state index in [-0.39, 0.29) is 62.2 Å². The smallest absolute Gasteiger partial charge is 0.329 e. The van der Waals surface area contributed by atoms with Crippen molar-refractivity contribution < 1.29 is 74.9 Å². The highest BCUT2D eigenvalue weighted by Gasteiger charge is 2.43. The summed E-state index contributed by atoms with van der Waals surface area (Å²) in [6.45, 7) is 17.0. The zero-order chi connectivity index (χ0) is 70.6. The third kappa shape index (κ3) is 18.6. The summed E-state index contributed by atoms with van der Waals surface area (Å²) in [6, 6.07) is 16.7. The largest absolute Gasteiger partial charge is 0.451 e. The van der Waals surface area contributed by atoms with Crippen molar-refractivity contribution in [1.82, 2.24) is 39.2 Å². The molecule has 0 aliphatic carbocycles. The highest BCUT2D eigenvalue weighted by atomic mass is 19.2. The Labute approximate surface area is 558 Å². The van der Waals surface area contributed by atoms with Crippen molar-refractivity contribution in [2.45, 2.75) is 168 Å². The predicted molar refractivity (Wildman–Crippen MR) is 347 cm³/mol. The van der Waals surface area contributed by atoms with Crippen molar-refractivity contribution in [3.63, 3.8) is 0 Å². The molecule has 0 saturated carbocycles. The Morgan fingerprint density at radius 3 is 0.938 bits per heavy atom. The Morgan fingerprint density at radius 1 is 0.385 bits per heavy atom. The van der Waals surface area contributed by atoms with E-state index in [2.05, 4.69) is 10.2 Å². The normalized spacial score (nSPS) is 22.0. The monoisotopic (exact) mass is 1330 g/mol. The number of esters is 4. The quantitative estimate of drug-likeness (QED) is 0.0444. The number of cyclic esters (lactones) is 4. The molecule has 24 heteroatoms. The van der Waals surface area contributed by atoms with Gasteiger partial charge in [-0.25, -0.2) is 36.7 Å². The van der Waals surface area contributed by atoms with Crippen molar-refractivity contribution in [2.24, 2.45) is 23.7 Å². The number of halogens is 4. The molecule has 6 aromatic rings. The molecule has 516 valence electrons. The maximum Gasteiger partial charge on any atom is 0.329 e. The van der Waals surface area contributed by atoms with Gasteiger partial charge in [-0.1, -0.05) is 116 Å². The van der Waals surface area contributed by atoms with E-state index in [1.807, 2.05) is 0 Å². The average molecular weight is 1330 g/mol. The van der Waals surface area contributed by atoms with Gasteiger partial charge in [-0.05, 0) is 133 Å². The van der Waals surface area contributed by atoms with E-state index in [1.165, 1.54) is 66.6 Å². The molecule has 1 aliphatic rings. The van der Waals surface area contributed by atoms with Crippen LogP contribution in [-0.2, 0) is 70.1 Å². The van der Waals surface area contributed by atoms with E-state index in [0.29, 0.717) is 33.4 Å². The average Bonchev–Trinajstić information content (AvgIpc) is 1.39. The standard InChI is InChI=1S/C72H88F4N8O12/c1-41(2)33-57-69(89)93-45(9)65(85)79(11)60(36-44(7)8)72(92)96-62(38-48-19-23-50(24-20-48)64(84-32-16-30-78-84)52-26-28-54(74)56(76)40-52)68(88)82(14)58(34-42(3)4)70(90)94-46(10)66(86)80(12)59(35-43(5)6)71(91)95-61(67(87)81(57)13)37-47-17-21-49(22-18-47)63(83-31-15-29-77-83)51-25-27-53(73)55(75)39-51/h15-32,39-46,57-64H,33-38H2,1-14H3/t45-,46-,57+,58+,59+,60+,61-,62-,63?,64?/m1/s1. The molecule has 1 saturated heterocycles. The zero-order valence-electron chi connectivity index (χ0n) is 56.9. The summed E-state index contributed by atoms with van der Waals surface area (Å²) in [5.74, 6) is -12.8. The highest BCUT2D eigenvalue weighted by Crippen LogP contribution is 2.32. The third-order valence-corrected chi connectivity index (χ3v) is 17.0. The third-order valence-electron chi connectivity index (χ3n) is 17.0. The van der Waals surface area contributed by atoms with E-state index in [0.717, 1.165) is 43.9 Å². The van der Waals surface area contributed by atoms with Gasteiger partial charge in [-0.15, -0.1) is 0 Å². The van der Waals surface area contributed by atoms with Gasteiger partial charge in [0.1, 0.15) is 36.3 Å². The van der Waals surface area contributed by atoms with Crippen LogP contribution in [0.1, 0.15) is 140 Å². The molecular formula is C72H88F4N8O12. The van der Waals surface area contributed by atoms with Crippen LogP contribution >= 0.6 is 0 Å². The first-order valence-corrected chi connectivity index (χ1v) is 32.3. The molecule has 7 rings (SSSR count). The fourth-order valence-corrected chi connectivity index (χ4v) is 11.8. The first-order chi connectivity index (χ1) is 45.3. The van der Waals surface area contributed by atoms with Gasteiger partial charge in [0.15, 0.2) is 47.7 Å². The number of hydrogen-bond acceptors (Lipinski definition) is 14. The fourth-order valence-electron chi connectivity index (χ4n) is 11.8. The summed E-state index contributed by atoms with van der Waals surface area (Å²) in [6.07, 6.45) is -0.818. The summed E-state index contributed by atoms with van der Waals surface area (Å²) < 4.78 is 85.3. The van der Waals surface area contributed by atoms with E-state index < -0.39 is 131 Å². The minimum Gasteiger partial charge on any atom is -0.451 e. The van der Waals surface area contributed by atoms with Gasteiger partial charge >= 0.3 is 23.9 Å². The predicted octanol–water partition coefficient (Wildman–Crippen LogP) is 9.89. The number of carbonyl (C=O) groups excluding carboxylic acids is 8. The molecule has 3 heterocycles. The summed E-state index contributed by atoms with van der Waals surface area (Å²) in [5, 5.41) is 8.74. The number of carbonyl (C=O) groups is 8. The maximum atomic E-state index is 15.3.